The van der Waals surface area contributed by atoms with E-state index < -0.39 is 11.7 Å². The van der Waals surface area contributed by atoms with Gasteiger partial charge in [-0.15, -0.1) is 0 Å². The Hall–Kier alpha value is -1.96. The molecule has 0 spiro atoms. The molecule has 0 bridgehead atoms. The predicted octanol–water partition coefficient (Wildman–Crippen LogP) is 7.92. The Morgan fingerprint density at radius 3 is 1.23 bits per heavy atom. The van der Waals surface area contributed by atoms with Crippen LogP contribution in [0.3, 0.4) is 0 Å². The summed E-state index contributed by atoms with van der Waals surface area (Å²) in [5.41, 5.74) is 2.95. The number of hydrogen-bond acceptors (Lipinski definition) is 0. The number of aryl methyl sites for hydroxylation is 2. The highest BCUT2D eigenvalue weighted by molar-refractivity contribution is 5.83. The van der Waals surface area contributed by atoms with Gasteiger partial charge in [-0.25, -0.2) is 8.78 Å². The molecule has 0 aromatic heterocycles. The zero-order valence-corrected chi connectivity index (χ0v) is 16.0. The molecule has 0 unspecified atom stereocenters. The van der Waals surface area contributed by atoms with Crippen molar-refractivity contribution in [1.29, 1.82) is 0 Å². The van der Waals surface area contributed by atoms with E-state index in [9.17, 15) is 8.78 Å². The van der Waals surface area contributed by atoms with E-state index in [4.69, 9.17) is 0 Å². The Bertz CT molecular complexity index is 620. The molecule has 2 aromatic rings. The normalized spacial score (nSPS) is 12.2. The van der Waals surface area contributed by atoms with Gasteiger partial charge in [-0.05, 0) is 36.8 Å². The molecule has 0 aliphatic rings. The Balaban J connectivity index is 2.05. The molecular formula is C24H30F2. The average molecular weight is 357 g/mol. The first-order valence-electron chi connectivity index (χ1n) is 9.89. The van der Waals surface area contributed by atoms with Crippen molar-refractivity contribution in [3.63, 3.8) is 0 Å². The van der Waals surface area contributed by atoms with Crippen molar-refractivity contribution < 1.29 is 8.78 Å². The molecule has 2 aromatic carbocycles. The minimum Gasteiger partial charge on any atom is -0.203 e. The molecule has 140 valence electrons. The molecular weight excluding hydrogens is 326 g/mol. The zero-order valence-electron chi connectivity index (χ0n) is 16.0. The lowest BCUT2D eigenvalue weighted by Gasteiger charge is -2.06. The van der Waals surface area contributed by atoms with Crippen molar-refractivity contribution in [1.82, 2.24) is 0 Å². The SMILES string of the molecule is CCCCCc1ccc(/C(F)=C(\F)c2ccc(CCCCC)cc2)cc1. The van der Waals surface area contributed by atoms with Gasteiger partial charge in [-0.2, -0.15) is 0 Å². The number of benzene rings is 2. The number of hydrogen-bond donors (Lipinski definition) is 0. The summed E-state index contributed by atoms with van der Waals surface area (Å²) in [5.74, 6) is -1.58. The van der Waals surface area contributed by atoms with Crippen LogP contribution in [0.4, 0.5) is 8.78 Å². The molecule has 0 aliphatic heterocycles. The fraction of sp³-hybridized carbons (Fsp3) is 0.417. The minimum atomic E-state index is -0.788. The fourth-order valence-electron chi connectivity index (χ4n) is 3.05. The molecule has 0 heterocycles. The second-order valence-electron chi connectivity index (χ2n) is 6.94. The van der Waals surface area contributed by atoms with Crippen molar-refractivity contribution >= 4 is 11.7 Å². The van der Waals surface area contributed by atoms with Gasteiger partial charge in [0, 0.05) is 11.1 Å². The zero-order chi connectivity index (χ0) is 18.8. The third kappa shape index (κ3) is 6.09. The third-order valence-corrected chi connectivity index (χ3v) is 4.75. The van der Waals surface area contributed by atoms with Crippen LogP contribution in [0.2, 0.25) is 0 Å². The van der Waals surface area contributed by atoms with Gasteiger partial charge in [0.15, 0.2) is 11.7 Å². The van der Waals surface area contributed by atoms with Gasteiger partial charge in [0.25, 0.3) is 0 Å². The van der Waals surface area contributed by atoms with E-state index >= 15 is 0 Å². The lowest BCUT2D eigenvalue weighted by Crippen LogP contribution is -1.89. The van der Waals surface area contributed by atoms with Crippen LogP contribution in [0.15, 0.2) is 48.5 Å². The number of halogens is 2. The average Bonchev–Trinajstić information content (AvgIpc) is 2.68. The molecule has 0 saturated heterocycles. The van der Waals surface area contributed by atoms with Crippen LogP contribution in [-0.2, 0) is 12.8 Å². The Morgan fingerprint density at radius 1 is 0.577 bits per heavy atom. The quantitative estimate of drug-likeness (QED) is 0.299. The van der Waals surface area contributed by atoms with Crippen LogP contribution in [-0.4, -0.2) is 0 Å². The molecule has 0 atom stereocenters. The summed E-state index contributed by atoms with van der Waals surface area (Å²) in [5, 5.41) is 0. The first-order chi connectivity index (χ1) is 12.7. The smallest absolute Gasteiger partial charge is 0.166 e. The van der Waals surface area contributed by atoms with Crippen molar-refractivity contribution in [2.24, 2.45) is 0 Å². The van der Waals surface area contributed by atoms with Crippen molar-refractivity contribution in [3.05, 3.63) is 70.8 Å². The summed E-state index contributed by atoms with van der Waals surface area (Å²) in [6.45, 7) is 4.34. The summed E-state index contributed by atoms with van der Waals surface area (Å²) in [4.78, 5) is 0. The van der Waals surface area contributed by atoms with Crippen molar-refractivity contribution in [2.45, 2.75) is 65.2 Å². The molecule has 0 amide bonds. The Morgan fingerprint density at radius 2 is 0.923 bits per heavy atom. The summed E-state index contributed by atoms with van der Waals surface area (Å²) >= 11 is 0. The van der Waals surface area contributed by atoms with Crippen LogP contribution in [0, 0.1) is 0 Å². The molecule has 0 radical (unpaired) electrons. The minimum absolute atomic E-state index is 0.300. The summed E-state index contributed by atoms with van der Waals surface area (Å²) in [6.07, 6.45) is 8.98. The van der Waals surface area contributed by atoms with Gasteiger partial charge in [-0.1, -0.05) is 88.1 Å². The maximum Gasteiger partial charge on any atom is 0.166 e. The highest BCUT2D eigenvalue weighted by Gasteiger charge is 2.11. The maximum absolute atomic E-state index is 14.5. The lowest BCUT2D eigenvalue weighted by molar-refractivity contribution is 0.699. The second-order valence-corrected chi connectivity index (χ2v) is 6.94. The van der Waals surface area contributed by atoms with Crippen LogP contribution >= 0.6 is 0 Å². The molecule has 2 heteroatoms. The largest absolute Gasteiger partial charge is 0.203 e. The monoisotopic (exact) mass is 356 g/mol. The van der Waals surface area contributed by atoms with E-state index in [1.54, 1.807) is 24.3 Å². The number of rotatable bonds is 10. The van der Waals surface area contributed by atoms with E-state index in [0.29, 0.717) is 11.1 Å². The molecule has 0 aliphatic carbocycles. The molecule has 2 rings (SSSR count). The van der Waals surface area contributed by atoms with Crippen LogP contribution < -0.4 is 0 Å². The van der Waals surface area contributed by atoms with Crippen LogP contribution in [0.25, 0.3) is 11.7 Å². The maximum atomic E-state index is 14.5. The van der Waals surface area contributed by atoms with E-state index in [-0.39, 0.29) is 0 Å². The first kappa shape index (κ1) is 20.4. The first-order valence-corrected chi connectivity index (χ1v) is 9.89. The Labute approximate surface area is 157 Å². The number of unbranched alkanes of at least 4 members (excludes halogenated alkanes) is 4. The van der Waals surface area contributed by atoms with Crippen molar-refractivity contribution in [2.75, 3.05) is 0 Å². The van der Waals surface area contributed by atoms with E-state index in [2.05, 4.69) is 13.8 Å². The van der Waals surface area contributed by atoms with E-state index in [0.717, 1.165) is 25.7 Å². The van der Waals surface area contributed by atoms with E-state index in [1.165, 1.54) is 36.8 Å². The van der Waals surface area contributed by atoms with Crippen molar-refractivity contribution in [3.8, 4) is 0 Å². The Kier molecular flexibility index (Phi) is 8.53. The van der Waals surface area contributed by atoms with Gasteiger partial charge >= 0.3 is 0 Å². The van der Waals surface area contributed by atoms with Gasteiger partial charge in [0.2, 0.25) is 0 Å². The molecule has 0 saturated carbocycles. The molecule has 26 heavy (non-hydrogen) atoms. The highest BCUT2D eigenvalue weighted by atomic mass is 19.2. The topological polar surface area (TPSA) is 0 Å². The van der Waals surface area contributed by atoms with Gasteiger partial charge in [-0.3, -0.25) is 0 Å². The third-order valence-electron chi connectivity index (χ3n) is 4.75. The highest BCUT2D eigenvalue weighted by Crippen LogP contribution is 2.29. The summed E-state index contributed by atoms with van der Waals surface area (Å²) in [7, 11) is 0. The van der Waals surface area contributed by atoms with Crippen LogP contribution in [0.1, 0.15) is 74.6 Å². The standard InChI is InChI=1S/C24H30F2/c1-3-5-7-9-19-11-15-21(16-12-19)23(25)24(26)22-17-13-20(14-18-22)10-8-6-4-2/h11-18H,3-10H2,1-2H3/b24-23+. The fourth-order valence-corrected chi connectivity index (χ4v) is 3.05. The molecule has 0 nitrogen and oxygen atoms in total. The second kappa shape index (κ2) is 10.9. The van der Waals surface area contributed by atoms with Gasteiger partial charge in [0.05, 0.1) is 0 Å². The lowest BCUT2D eigenvalue weighted by atomic mass is 10.0. The summed E-state index contributed by atoms with van der Waals surface area (Å²) in [6, 6.07) is 14.3. The van der Waals surface area contributed by atoms with E-state index in [1.807, 2.05) is 24.3 Å². The van der Waals surface area contributed by atoms with Crippen LogP contribution in [0.5, 0.6) is 0 Å². The summed E-state index contributed by atoms with van der Waals surface area (Å²) < 4.78 is 29.0. The van der Waals surface area contributed by atoms with Gasteiger partial charge < -0.3 is 0 Å². The van der Waals surface area contributed by atoms with Gasteiger partial charge in [0.1, 0.15) is 0 Å². The molecule has 0 fully saturated rings. The predicted molar refractivity (Wildman–Crippen MR) is 108 cm³/mol. The molecule has 0 N–H and O–H groups in total.